The Morgan fingerprint density at radius 1 is 1.35 bits per heavy atom. The SMILES string of the molecule is CCCn1cc(C(=O)N2CC(C)(C)OC(C)(C(F)(F)F)C2)cn1. The van der Waals surface area contributed by atoms with Crippen molar-refractivity contribution in [3.63, 3.8) is 0 Å². The Balaban J connectivity index is 2.25. The van der Waals surface area contributed by atoms with Gasteiger partial charge in [0.1, 0.15) is 0 Å². The van der Waals surface area contributed by atoms with Gasteiger partial charge in [0.15, 0.2) is 5.60 Å². The number of alkyl halides is 3. The third kappa shape index (κ3) is 3.68. The number of hydrogen-bond acceptors (Lipinski definition) is 3. The summed E-state index contributed by atoms with van der Waals surface area (Å²) in [6.07, 6.45) is -0.744. The summed E-state index contributed by atoms with van der Waals surface area (Å²) >= 11 is 0. The summed E-state index contributed by atoms with van der Waals surface area (Å²) in [4.78, 5) is 13.8. The number of rotatable bonds is 3. The van der Waals surface area contributed by atoms with Gasteiger partial charge in [-0.3, -0.25) is 9.48 Å². The Morgan fingerprint density at radius 3 is 2.57 bits per heavy atom. The fraction of sp³-hybridized carbons (Fsp3) is 0.733. The Morgan fingerprint density at radius 2 is 2.00 bits per heavy atom. The van der Waals surface area contributed by atoms with Crippen LogP contribution in [-0.4, -0.2) is 51.1 Å². The average Bonchev–Trinajstić information content (AvgIpc) is 2.83. The minimum atomic E-state index is -4.56. The number of halogens is 3. The predicted octanol–water partition coefficient (Wildman–Crippen LogP) is 2.87. The minimum Gasteiger partial charge on any atom is -0.356 e. The largest absolute Gasteiger partial charge is 0.418 e. The third-order valence-electron chi connectivity index (χ3n) is 3.79. The monoisotopic (exact) mass is 333 g/mol. The van der Waals surface area contributed by atoms with Crippen LogP contribution in [0.5, 0.6) is 0 Å². The predicted molar refractivity (Wildman–Crippen MR) is 78.0 cm³/mol. The van der Waals surface area contributed by atoms with Gasteiger partial charge in [-0.25, -0.2) is 0 Å². The van der Waals surface area contributed by atoms with Crippen molar-refractivity contribution in [2.45, 2.75) is 58.0 Å². The molecule has 130 valence electrons. The molecule has 1 saturated heterocycles. The molecule has 1 fully saturated rings. The maximum atomic E-state index is 13.3. The minimum absolute atomic E-state index is 0.0937. The van der Waals surface area contributed by atoms with E-state index in [-0.39, 0.29) is 6.54 Å². The molecule has 1 amide bonds. The molecule has 0 saturated carbocycles. The molecule has 2 heterocycles. The van der Waals surface area contributed by atoms with Crippen molar-refractivity contribution in [2.75, 3.05) is 13.1 Å². The molecule has 0 N–H and O–H groups in total. The van der Waals surface area contributed by atoms with Crippen molar-refractivity contribution in [3.05, 3.63) is 18.0 Å². The van der Waals surface area contributed by atoms with E-state index in [1.165, 1.54) is 11.1 Å². The van der Waals surface area contributed by atoms with E-state index in [0.29, 0.717) is 12.1 Å². The lowest BCUT2D eigenvalue weighted by atomic mass is 9.96. The van der Waals surface area contributed by atoms with Gasteiger partial charge >= 0.3 is 6.18 Å². The van der Waals surface area contributed by atoms with Crippen LogP contribution in [-0.2, 0) is 11.3 Å². The number of nitrogens with zero attached hydrogens (tertiary/aromatic N) is 3. The van der Waals surface area contributed by atoms with Crippen LogP contribution in [0.4, 0.5) is 13.2 Å². The van der Waals surface area contributed by atoms with E-state index in [4.69, 9.17) is 4.74 Å². The number of ether oxygens (including phenoxy) is 1. The number of aryl methyl sites for hydroxylation is 1. The molecule has 1 aliphatic heterocycles. The highest BCUT2D eigenvalue weighted by molar-refractivity contribution is 5.94. The molecule has 1 aromatic rings. The lowest BCUT2D eigenvalue weighted by Gasteiger charge is -2.48. The zero-order valence-electron chi connectivity index (χ0n) is 13.8. The Hall–Kier alpha value is -1.57. The molecular formula is C15H22F3N3O2. The standard InChI is InChI=1S/C15H22F3N3O2/c1-5-6-21-8-11(7-19-21)12(22)20-9-13(2,3)23-14(4,10-20)15(16,17)18/h7-8H,5-6,9-10H2,1-4H3. The summed E-state index contributed by atoms with van der Waals surface area (Å²) in [6.45, 7) is 6.28. The zero-order valence-corrected chi connectivity index (χ0v) is 13.8. The average molecular weight is 333 g/mol. The molecule has 0 aromatic carbocycles. The molecule has 8 heteroatoms. The van der Waals surface area contributed by atoms with E-state index in [2.05, 4.69) is 5.10 Å². The molecule has 5 nitrogen and oxygen atoms in total. The molecule has 0 bridgehead atoms. The summed E-state index contributed by atoms with van der Waals surface area (Å²) in [7, 11) is 0. The van der Waals surface area contributed by atoms with Gasteiger partial charge in [0, 0.05) is 19.3 Å². The van der Waals surface area contributed by atoms with Crippen LogP contribution in [0.1, 0.15) is 44.5 Å². The number of amides is 1. The van der Waals surface area contributed by atoms with E-state index >= 15 is 0 Å². The summed E-state index contributed by atoms with van der Waals surface area (Å²) in [5, 5.41) is 4.06. The topological polar surface area (TPSA) is 47.4 Å². The zero-order chi connectivity index (χ0) is 17.5. The van der Waals surface area contributed by atoms with E-state index < -0.39 is 29.8 Å². The summed E-state index contributed by atoms with van der Waals surface area (Å²) in [5.41, 5.74) is -3.18. The summed E-state index contributed by atoms with van der Waals surface area (Å²) in [6, 6.07) is 0. The van der Waals surface area contributed by atoms with E-state index in [9.17, 15) is 18.0 Å². The number of morpholine rings is 1. The van der Waals surface area contributed by atoms with Crippen LogP contribution < -0.4 is 0 Å². The van der Waals surface area contributed by atoms with Crippen LogP contribution in [0.15, 0.2) is 12.4 Å². The van der Waals surface area contributed by atoms with Crippen molar-refractivity contribution in [1.29, 1.82) is 0 Å². The summed E-state index contributed by atoms with van der Waals surface area (Å²) in [5.74, 6) is -0.459. The maximum absolute atomic E-state index is 13.3. The van der Waals surface area contributed by atoms with Crippen LogP contribution in [0.2, 0.25) is 0 Å². The fourth-order valence-electron chi connectivity index (χ4n) is 2.85. The first-order valence-corrected chi connectivity index (χ1v) is 7.56. The fourth-order valence-corrected chi connectivity index (χ4v) is 2.85. The van der Waals surface area contributed by atoms with E-state index in [1.807, 2.05) is 6.92 Å². The molecule has 0 aliphatic carbocycles. The van der Waals surface area contributed by atoms with Crippen LogP contribution in [0.3, 0.4) is 0 Å². The molecule has 1 unspecified atom stereocenters. The van der Waals surface area contributed by atoms with Gasteiger partial charge < -0.3 is 9.64 Å². The maximum Gasteiger partial charge on any atom is 0.418 e. The van der Waals surface area contributed by atoms with Crippen LogP contribution in [0.25, 0.3) is 0 Å². The molecular weight excluding hydrogens is 311 g/mol. The normalized spacial score (nSPS) is 24.7. The van der Waals surface area contributed by atoms with Crippen molar-refractivity contribution in [1.82, 2.24) is 14.7 Å². The second-order valence-electron chi connectivity index (χ2n) is 6.74. The number of aromatic nitrogens is 2. The van der Waals surface area contributed by atoms with Crippen molar-refractivity contribution >= 4 is 5.91 Å². The summed E-state index contributed by atoms with van der Waals surface area (Å²) < 4.78 is 46.9. The second-order valence-corrected chi connectivity index (χ2v) is 6.74. The van der Waals surface area contributed by atoms with Gasteiger partial charge in [0.2, 0.25) is 0 Å². The van der Waals surface area contributed by atoms with Gasteiger partial charge in [0.05, 0.1) is 23.9 Å². The van der Waals surface area contributed by atoms with Gasteiger partial charge in [-0.2, -0.15) is 18.3 Å². The molecule has 0 spiro atoms. The van der Waals surface area contributed by atoms with Gasteiger partial charge in [-0.1, -0.05) is 6.92 Å². The molecule has 1 atom stereocenters. The first-order chi connectivity index (χ1) is 10.5. The number of hydrogen-bond donors (Lipinski definition) is 0. The van der Waals surface area contributed by atoms with Gasteiger partial charge in [-0.15, -0.1) is 0 Å². The van der Waals surface area contributed by atoms with Crippen LogP contribution in [0, 0.1) is 0 Å². The molecule has 2 rings (SSSR count). The highest BCUT2D eigenvalue weighted by atomic mass is 19.4. The number of carbonyl (C=O) groups is 1. The van der Waals surface area contributed by atoms with Crippen LogP contribution >= 0.6 is 0 Å². The number of carbonyl (C=O) groups excluding carboxylic acids is 1. The van der Waals surface area contributed by atoms with E-state index in [0.717, 1.165) is 13.3 Å². The molecule has 0 radical (unpaired) electrons. The molecule has 23 heavy (non-hydrogen) atoms. The smallest absolute Gasteiger partial charge is 0.356 e. The highest BCUT2D eigenvalue weighted by Gasteiger charge is 2.58. The Kier molecular flexibility index (Phi) is 4.49. The highest BCUT2D eigenvalue weighted by Crippen LogP contribution is 2.40. The van der Waals surface area contributed by atoms with Crippen molar-refractivity contribution in [3.8, 4) is 0 Å². The quantitative estimate of drug-likeness (QED) is 0.854. The Bertz CT molecular complexity index is 583. The Labute approximate surface area is 133 Å². The first kappa shape index (κ1) is 17.8. The molecule has 1 aromatic heterocycles. The van der Waals surface area contributed by atoms with E-state index in [1.54, 1.807) is 24.7 Å². The lowest BCUT2D eigenvalue weighted by molar-refractivity contribution is -0.318. The first-order valence-electron chi connectivity index (χ1n) is 7.56. The third-order valence-corrected chi connectivity index (χ3v) is 3.79. The lowest BCUT2D eigenvalue weighted by Crippen LogP contribution is -2.65. The van der Waals surface area contributed by atoms with Crippen molar-refractivity contribution < 1.29 is 22.7 Å². The van der Waals surface area contributed by atoms with Gasteiger partial charge in [-0.05, 0) is 27.2 Å². The molecule has 1 aliphatic rings. The second kappa shape index (κ2) is 5.81. The van der Waals surface area contributed by atoms with Gasteiger partial charge in [0.25, 0.3) is 5.91 Å². The van der Waals surface area contributed by atoms with Crippen molar-refractivity contribution in [2.24, 2.45) is 0 Å².